The van der Waals surface area contributed by atoms with Crippen molar-refractivity contribution in [3.63, 3.8) is 0 Å². The van der Waals surface area contributed by atoms with Gasteiger partial charge in [0.1, 0.15) is 22.4 Å². The molecule has 1 aliphatic rings. The number of carbonyl (C=O) groups is 3. The maximum Gasteiger partial charge on any atom is 0.306 e. The lowest BCUT2D eigenvalue weighted by Crippen LogP contribution is -2.53. The zero-order valence-electron chi connectivity index (χ0n) is 29.0. The molecule has 13 heteroatoms. The van der Waals surface area contributed by atoms with Crippen molar-refractivity contribution in [1.29, 1.82) is 0 Å². The first kappa shape index (κ1) is 38.7. The Kier molecular flexibility index (Phi) is 13.3. The number of ketones is 1. The molecule has 1 amide bonds. The summed E-state index contributed by atoms with van der Waals surface area (Å²) < 4.78 is 37.6. The first-order valence-corrected chi connectivity index (χ1v) is 19.6. The van der Waals surface area contributed by atoms with E-state index in [0.29, 0.717) is 35.5 Å². The Morgan fingerprint density at radius 3 is 2.24 bits per heavy atom. The SMILES string of the molecule is CCCCC1(CCCC)CN(c2ccccc2)c2cc(SC)c(OCC(=O)N[C@@H](C(=O)C[C@@H](C)C(=O)O)c3ccc(O)cc3)cc2S(=O)(=O)N1. The Bertz CT molecular complexity index is 1740. The number of nitrogens with one attached hydrogen (secondary N) is 2. The quantitative estimate of drug-likeness (QED) is 0.112. The molecule has 50 heavy (non-hydrogen) atoms. The topological polar surface area (TPSA) is 162 Å². The summed E-state index contributed by atoms with van der Waals surface area (Å²) in [6.45, 7) is 5.47. The maximum absolute atomic E-state index is 14.3. The third-order valence-electron chi connectivity index (χ3n) is 8.86. The van der Waals surface area contributed by atoms with Gasteiger partial charge in [-0.25, -0.2) is 13.1 Å². The molecule has 11 nitrogen and oxygen atoms in total. The van der Waals surface area contributed by atoms with E-state index in [4.69, 9.17) is 4.74 Å². The van der Waals surface area contributed by atoms with E-state index in [1.165, 1.54) is 49.0 Å². The average Bonchev–Trinajstić information content (AvgIpc) is 3.19. The number of phenolic OH excluding ortho intramolecular Hbond substituents is 1. The minimum Gasteiger partial charge on any atom is -0.508 e. The van der Waals surface area contributed by atoms with E-state index in [2.05, 4.69) is 28.8 Å². The highest BCUT2D eigenvalue weighted by Gasteiger charge is 2.42. The summed E-state index contributed by atoms with van der Waals surface area (Å²) in [6, 6.07) is 17.4. The summed E-state index contributed by atoms with van der Waals surface area (Å²) >= 11 is 1.35. The molecule has 0 bridgehead atoms. The van der Waals surface area contributed by atoms with E-state index in [0.717, 1.165) is 31.4 Å². The minimum atomic E-state index is -4.06. The molecule has 270 valence electrons. The molecule has 0 spiro atoms. The van der Waals surface area contributed by atoms with Gasteiger partial charge in [0.05, 0.1) is 22.0 Å². The van der Waals surface area contributed by atoms with Gasteiger partial charge < -0.3 is 25.2 Å². The number of fused-ring (bicyclic) bond motifs is 1. The number of hydrogen-bond acceptors (Lipinski definition) is 9. The molecule has 0 aliphatic carbocycles. The van der Waals surface area contributed by atoms with Gasteiger partial charge in [-0.05, 0) is 55.0 Å². The molecule has 1 heterocycles. The number of Topliss-reactive ketones (excluding diaryl/α,β-unsaturated/α-hetero) is 1. The second-order valence-corrected chi connectivity index (χ2v) is 15.3. The van der Waals surface area contributed by atoms with Gasteiger partial charge in [0.25, 0.3) is 5.91 Å². The molecular formula is C37H47N3O8S2. The van der Waals surface area contributed by atoms with E-state index in [-0.39, 0.29) is 22.8 Å². The molecule has 3 aromatic rings. The number of anilines is 2. The number of carbonyl (C=O) groups excluding carboxylic acids is 2. The standard InChI is InChI=1S/C37H47N3O8S2/c1-5-7-18-37(19-8-6-2)24-40(27-12-10-9-11-13-27)29-21-32(49-4)31(22-33(29)50(46,47)39-37)48-23-34(43)38-35(26-14-16-28(41)17-15-26)30(42)20-25(3)36(44)45/h9-17,21-22,25,35,39,41H,5-8,18-20,23-24H2,1-4H3,(H,38,43)(H,44,45)/t25-,35-/m1/s1. The van der Waals surface area contributed by atoms with Crippen molar-refractivity contribution in [2.75, 3.05) is 24.3 Å². The van der Waals surface area contributed by atoms with Gasteiger partial charge in [-0.15, -0.1) is 11.8 Å². The van der Waals surface area contributed by atoms with Gasteiger partial charge in [0.15, 0.2) is 12.4 Å². The van der Waals surface area contributed by atoms with Gasteiger partial charge in [0.2, 0.25) is 10.0 Å². The number of aromatic hydroxyl groups is 1. The Balaban J connectivity index is 1.69. The van der Waals surface area contributed by atoms with Crippen molar-refractivity contribution in [3.05, 3.63) is 72.3 Å². The number of aliphatic carboxylic acids is 1. The number of carboxylic acids is 1. The lowest BCUT2D eigenvalue weighted by Gasteiger charge is -2.37. The lowest BCUT2D eigenvalue weighted by molar-refractivity contribution is -0.143. The van der Waals surface area contributed by atoms with Crippen LogP contribution in [0.2, 0.25) is 0 Å². The van der Waals surface area contributed by atoms with Crippen LogP contribution in [-0.2, 0) is 24.4 Å². The molecule has 4 N–H and O–H groups in total. The number of rotatable bonds is 17. The lowest BCUT2D eigenvalue weighted by atomic mass is 9.87. The minimum absolute atomic E-state index is 0.0317. The highest BCUT2D eigenvalue weighted by molar-refractivity contribution is 7.98. The van der Waals surface area contributed by atoms with Crippen LogP contribution in [0.4, 0.5) is 11.4 Å². The van der Waals surface area contributed by atoms with E-state index in [1.807, 2.05) is 36.6 Å². The van der Waals surface area contributed by atoms with Crippen molar-refractivity contribution in [1.82, 2.24) is 10.0 Å². The van der Waals surface area contributed by atoms with Gasteiger partial charge >= 0.3 is 5.97 Å². The second-order valence-electron chi connectivity index (χ2n) is 12.8. The molecule has 1 aliphatic heterocycles. The number of sulfonamides is 1. The number of nitrogens with zero attached hydrogens (tertiary/aromatic N) is 1. The summed E-state index contributed by atoms with van der Waals surface area (Å²) in [5.41, 5.74) is 1.01. The van der Waals surface area contributed by atoms with Crippen molar-refractivity contribution >= 4 is 50.8 Å². The van der Waals surface area contributed by atoms with Gasteiger partial charge in [-0.2, -0.15) is 0 Å². The fourth-order valence-electron chi connectivity index (χ4n) is 6.11. The largest absolute Gasteiger partial charge is 0.508 e. The Morgan fingerprint density at radius 1 is 1.02 bits per heavy atom. The molecular weight excluding hydrogens is 679 g/mol. The highest BCUT2D eigenvalue weighted by atomic mass is 32.2. The summed E-state index contributed by atoms with van der Waals surface area (Å²) in [5.74, 6) is -3.18. The number of para-hydroxylation sites is 1. The summed E-state index contributed by atoms with van der Waals surface area (Å²) in [5, 5.41) is 21.7. The summed E-state index contributed by atoms with van der Waals surface area (Å²) in [6.07, 6.45) is 6.40. The Hall–Kier alpha value is -4.07. The summed E-state index contributed by atoms with van der Waals surface area (Å²) in [4.78, 5) is 40.6. The number of benzene rings is 3. The monoisotopic (exact) mass is 725 g/mol. The molecule has 2 atom stereocenters. The molecule has 0 radical (unpaired) electrons. The average molecular weight is 726 g/mol. The zero-order valence-corrected chi connectivity index (χ0v) is 30.6. The van der Waals surface area contributed by atoms with Gasteiger partial charge in [-0.1, -0.05) is 76.8 Å². The first-order valence-electron chi connectivity index (χ1n) is 16.9. The van der Waals surface area contributed by atoms with Crippen LogP contribution >= 0.6 is 11.8 Å². The molecule has 3 aromatic carbocycles. The highest BCUT2D eigenvalue weighted by Crippen LogP contribution is 2.44. The third kappa shape index (κ3) is 9.58. The van der Waals surface area contributed by atoms with Gasteiger partial charge in [-0.3, -0.25) is 14.4 Å². The second kappa shape index (κ2) is 17.2. The number of amides is 1. The fraction of sp³-hybridized carbons (Fsp3) is 0.432. The van der Waals surface area contributed by atoms with E-state index in [1.54, 1.807) is 6.07 Å². The van der Waals surface area contributed by atoms with E-state index < -0.39 is 51.8 Å². The number of unbranched alkanes of at least 4 members (excludes halogenated alkanes) is 2. The van der Waals surface area contributed by atoms with Crippen molar-refractivity contribution in [2.45, 2.75) is 87.1 Å². The van der Waals surface area contributed by atoms with Crippen molar-refractivity contribution < 1.29 is 37.8 Å². The summed E-state index contributed by atoms with van der Waals surface area (Å²) in [7, 11) is -4.06. The van der Waals surface area contributed by atoms with Crippen molar-refractivity contribution in [3.8, 4) is 11.5 Å². The van der Waals surface area contributed by atoms with E-state index in [9.17, 15) is 33.0 Å². The van der Waals surface area contributed by atoms with Crippen LogP contribution < -0.4 is 19.7 Å². The van der Waals surface area contributed by atoms with Crippen LogP contribution in [0.1, 0.15) is 77.3 Å². The molecule has 0 saturated carbocycles. The van der Waals surface area contributed by atoms with E-state index >= 15 is 0 Å². The number of thioether (sulfide) groups is 1. The predicted molar refractivity (Wildman–Crippen MR) is 195 cm³/mol. The van der Waals surface area contributed by atoms with Crippen LogP contribution in [0.25, 0.3) is 0 Å². The predicted octanol–water partition coefficient (Wildman–Crippen LogP) is 6.58. The number of hydrogen-bond donors (Lipinski definition) is 4. The molecule has 0 aromatic heterocycles. The van der Waals surface area contributed by atoms with Crippen LogP contribution in [0.3, 0.4) is 0 Å². The normalized spacial score (nSPS) is 16.0. The Morgan fingerprint density at radius 2 is 1.66 bits per heavy atom. The zero-order chi connectivity index (χ0) is 36.5. The molecule has 0 saturated heterocycles. The number of ether oxygens (including phenoxy) is 1. The van der Waals surface area contributed by atoms with Crippen LogP contribution in [-0.4, -0.2) is 61.2 Å². The molecule has 4 rings (SSSR count). The molecule has 0 fully saturated rings. The smallest absolute Gasteiger partial charge is 0.306 e. The third-order valence-corrected chi connectivity index (χ3v) is 11.2. The van der Waals surface area contributed by atoms with Crippen LogP contribution in [0.15, 0.2) is 76.5 Å². The first-order chi connectivity index (χ1) is 23.8. The van der Waals surface area contributed by atoms with Crippen LogP contribution in [0.5, 0.6) is 11.5 Å². The van der Waals surface area contributed by atoms with Gasteiger partial charge in [0, 0.05) is 24.7 Å². The van der Waals surface area contributed by atoms with Crippen molar-refractivity contribution in [2.24, 2.45) is 5.92 Å². The number of carboxylic acid groups (broad SMARTS) is 1. The Labute approximate surface area is 298 Å². The number of phenols is 1. The fourth-order valence-corrected chi connectivity index (χ4v) is 8.32. The molecule has 0 unspecified atom stereocenters. The van der Waals surface area contributed by atoms with Crippen LogP contribution in [0, 0.1) is 5.92 Å². The maximum atomic E-state index is 14.3.